The van der Waals surface area contributed by atoms with Crippen molar-refractivity contribution >= 4 is 21.9 Å². The van der Waals surface area contributed by atoms with Gasteiger partial charge in [0.25, 0.3) is 0 Å². The van der Waals surface area contributed by atoms with Gasteiger partial charge in [-0.3, -0.25) is 9.55 Å². The number of benzene rings is 7. The normalized spacial score (nSPS) is 12.3. The van der Waals surface area contributed by atoms with E-state index in [1.807, 2.05) is 91.1 Å². The number of fused-ring (bicyclic) bond motifs is 2. The molecule has 59 heavy (non-hydrogen) atoms. The van der Waals surface area contributed by atoms with Crippen molar-refractivity contribution in [3.63, 3.8) is 0 Å². The maximum atomic E-state index is 11.2. The van der Waals surface area contributed by atoms with E-state index in [1.54, 1.807) is 6.07 Å². The Kier molecular flexibility index (Phi) is 10.0. The molecular weight excluding hydrogens is 902 g/mol. The quantitative estimate of drug-likeness (QED) is 0.162. The van der Waals surface area contributed by atoms with Gasteiger partial charge in [-0.2, -0.15) is 0 Å². The zero-order chi connectivity index (χ0) is 41.9. The monoisotopic (exact) mass is 949 g/mol. The second kappa shape index (κ2) is 15.9. The summed E-state index contributed by atoms with van der Waals surface area (Å²) < 4.78 is 21.4. The Hall–Kier alpha value is -6.09. The largest absolute Gasteiger partial charge is 0.507 e. The van der Waals surface area contributed by atoms with Crippen LogP contribution in [0, 0.1) is 26.8 Å². The molecule has 0 aliphatic rings. The van der Waals surface area contributed by atoms with Crippen LogP contribution in [-0.2, 0) is 32.9 Å². The molecule has 0 aliphatic heterocycles. The van der Waals surface area contributed by atoms with Crippen LogP contribution < -0.4 is 0 Å². The molecule has 0 atom stereocenters. The van der Waals surface area contributed by atoms with E-state index in [2.05, 4.69) is 107 Å². The summed E-state index contributed by atoms with van der Waals surface area (Å²) in [5.74, 6) is 0.730. The average Bonchev–Trinajstić information content (AvgIpc) is 3.63. The van der Waals surface area contributed by atoms with E-state index in [9.17, 15) is 7.85 Å². The fourth-order valence-corrected chi connectivity index (χ4v) is 8.33. The number of phenols is 1. The van der Waals surface area contributed by atoms with E-state index >= 15 is 0 Å². The molecule has 294 valence electrons. The van der Waals surface area contributed by atoms with Crippen LogP contribution in [0.25, 0.3) is 72.4 Å². The fourth-order valence-electron chi connectivity index (χ4n) is 8.33. The van der Waals surface area contributed by atoms with Crippen LogP contribution >= 0.6 is 0 Å². The minimum atomic E-state index is -1.85. The number of rotatable bonds is 7. The second-order valence-corrected chi connectivity index (χ2v) is 16.3. The van der Waals surface area contributed by atoms with Crippen LogP contribution in [0.4, 0.5) is 0 Å². The van der Waals surface area contributed by atoms with Crippen LogP contribution in [0.15, 0.2) is 152 Å². The van der Waals surface area contributed by atoms with Crippen molar-refractivity contribution in [3.8, 4) is 56.2 Å². The van der Waals surface area contributed by atoms with Gasteiger partial charge in [0.15, 0.2) is 0 Å². The summed E-state index contributed by atoms with van der Waals surface area (Å²) in [5, 5.41) is 12.2. The third-order valence-electron chi connectivity index (χ3n) is 11.0. The van der Waals surface area contributed by atoms with Crippen LogP contribution in [0.3, 0.4) is 0 Å². The van der Waals surface area contributed by atoms with E-state index in [1.165, 1.54) is 27.8 Å². The first-order valence-corrected chi connectivity index (χ1v) is 19.8. The van der Waals surface area contributed by atoms with Gasteiger partial charge in [0.05, 0.1) is 16.6 Å². The van der Waals surface area contributed by atoms with Crippen molar-refractivity contribution in [1.29, 1.82) is 0 Å². The maximum absolute atomic E-state index is 11.2. The van der Waals surface area contributed by atoms with Gasteiger partial charge in [-0.15, -0.1) is 34.9 Å². The Morgan fingerprint density at radius 1 is 0.661 bits per heavy atom. The third kappa shape index (κ3) is 7.66. The summed E-state index contributed by atoms with van der Waals surface area (Å²) in [4.78, 5) is 10.2. The van der Waals surface area contributed by atoms with Gasteiger partial charge in [-0.25, -0.2) is 4.98 Å². The number of aromatic nitrogens is 3. The second-order valence-electron chi connectivity index (χ2n) is 16.3. The summed E-state index contributed by atoms with van der Waals surface area (Å²) in [6.45, 7) is 13.0. The number of nitrogens with zero attached hydrogens (tertiary/aromatic N) is 3. The van der Waals surface area contributed by atoms with Crippen LogP contribution in [0.1, 0.15) is 56.9 Å². The Bertz CT molecular complexity index is 3070. The zero-order valence-corrected chi connectivity index (χ0v) is 36.3. The topological polar surface area (TPSA) is 50.9 Å². The van der Waals surface area contributed by atoms with Gasteiger partial charge < -0.3 is 5.11 Å². The van der Waals surface area contributed by atoms with E-state index in [4.69, 9.17) is 9.97 Å². The molecule has 0 aliphatic carbocycles. The number of imidazole rings is 1. The molecule has 9 aromatic rings. The average molecular weight is 950 g/mol. The Morgan fingerprint density at radius 3 is 2.05 bits per heavy atom. The van der Waals surface area contributed by atoms with E-state index in [-0.39, 0.29) is 32.2 Å². The van der Waals surface area contributed by atoms with E-state index in [0.29, 0.717) is 33.6 Å². The Labute approximate surface area is 364 Å². The first-order chi connectivity index (χ1) is 28.8. The van der Waals surface area contributed by atoms with Gasteiger partial charge in [0.1, 0.15) is 11.6 Å². The Balaban J connectivity index is 0.00000514. The molecule has 7 aromatic carbocycles. The van der Waals surface area contributed by atoms with Gasteiger partial charge in [-0.05, 0) is 114 Å². The van der Waals surface area contributed by atoms with Gasteiger partial charge in [0, 0.05) is 41.2 Å². The summed E-state index contributed by atoms with van der Waals surface area (Å²) in [6.07, 6.45) is -0.0440. The van der Waals surface area contributed by atoms with Crippen molar-refractivity contribution in [3.05, 3.63) is 191 Å². The molecule has 0 saturated carbocycles. The molecule has 0 radical (unpaired) electrons. The smallest absolute Gasteiger partial charge is 0.148 e. The van der Waals surface area contributed by atoms with E-state index < -0.39 is 6.37 Å². The predicted molar refractivity (Wildman–Crippen MR) is 241 cm³/mol. The summed E-state index contributed by atoms with van der Waals surface area (Å²) in [7, 11) is 0. The summed E-state index contributed by atoms with van der Waals surface area (Å²) in [5.41, 5.74) is 15.0. The first-order valence-electron chi connectivity index (χ1n) is 20.8. The molecule has 0 unspecified atom stereocenters. The number of phenolic OH excluding ortho intramolecular Hbond substituents is 1. The van der Waals surface area contributed by atoms with E-state index in [0.717, 1.165) is 44.4 Å². The molecular formula is C54H46N3OPt-. The van der Waals surface area contributed by atoms with Crippen LogP contribution in [0.5, 0.6) is 5.75 Å². The molecule has 5 heteroatoms. The molecule has 0 fully saturated rings. The first kappa shape index (κ1) is 37.2. The molecule has 2 aromatic heterocycles. The molecule has 0 spiro atoms. The number of pyridine rings is 1. The standard InChI is InChI=1S/C54H46N3O.Pt/c1-34-26-35(2)50(36(3)27-34)42-31-39-16-13-25-55-51(39)47(33-42)41-30-38(28-37-14-8-7-9-15-37)29-40(32-41)45-18-12-19-48-52(45)56-53(46-17-10-11-20-49(46)58)57(48)44-23-21-43(22-24-44)54(4,5)6;/h7-27,29-31,33,58H,28H2,1-6H3;/q-1;/i28D2;. The number of aromatic hydroxyl groups is 1. The number of para-hydroxylation sites is 2. The molecule has 9 rings (SSSR count). The summed E-state index contributed by atoms with van der Waals surface area (Å²) in [6, 6.07) is 51.7. The third-order valence-corrected chi connectivity index (χ3v) is 11.0. The molecule has 0 amide bonds. The van der Waals surface area contributed by atoms with Crippen molar-refractivity contribution in [2.75, 3.05) is 0 Å². The van der Waals surface area contributed by atoms with Crippen molar-refractivity contribution in [2.45, 2.75) is 53.3 Å². The van der Waals surface area contributed by atoms with Gasteiger partial charge in [0.2, 0.25) is 0 Å². The number of aryl methyl sites for hydroxylation is 3. The minimum absolute atomic E-state index is 0. The zero-order valence-electron chi connectivity index (χ0n) is 36.0. The van der Waals surface area contributed by atoms with Gasteiger partial charge in [-0.1, -0.05) is 128 Å². The summed E-state index contributed by atoms with van der Waals surface area (Å²) >= 11 is 0. The Morgan fingerprint density at radius 2 is 1.34 bits per heavy atom. The van der Waals surface area contributed by atoms with Crippen LogP contribution in [-0.4, -0.2) is 19.6 Å². The molecule has 1 N–H and O–H groups in total. The molecule has 2 heterocycles. The van der Waals surface area contributed by atoms with Crippen molar-refractivity contribution in [1.82, 2.24) is 14.5 Å². The molecule has 0 bridgehead atoms. The number of hydrogen-bond donors (Lipinski definition) is 1. The van der Waals surface area contributed by atoms with Gasteiger partial charge >= 0.3 is 0 Å². The molecule has 4 nitrogen and oxygen atoms in total. The van der Waals surface area contributed by atoms with Crippen molar-refractivity contribution < 1.29 is 28.9 Å². The molecule has 0 saturated heterocycles. The van der Waals surface area contributed by atoms with Crippen molar-refractivity contribution in [2.24, 2.45) is 0 Å². The number of hydrogen-bond acceptors (Lipinski definition) is 3. The maximum Gasteiger partial charge on any atom is 0.148 e. The minimum Gasteiger partial charge on any atom is -0.507 e. The fraction of sp³-hybridized carbons (Fsp3) is 0.148. The SMILES string of the molecule is [2H]C([2H])(c1ccccc1)c1cc(-c2cc(-c3c(C)cc(C)cc3C)cc3cccnc23)[c-]c(-c2cccc3c2nc(-c2ccccc2O)n3-c2ccc(C(C)(C)C)cc2)c1.[Pt]. The van der Waals surface area contributed by atoms with Crippen LogP contribution in [0.2, 0.25) is 0 Å². The predicted octanol–water partition coefficient (Wildman–Crippen LogP) is 13.6.